The molecule has 4 nitrogen and oxygen atoms in total. The molecular weight excluding hydrogens is 346 g/mol. The minimum absolute atomic E-state index is 0.0968. The quantitative estimate of drug-likeness (QED) is 0.679. The van der Waals surface area contributed by atoms with Crippen molar-refractivity contribution >= 4 is 16.9 Å². The van der Waals surface area contributed by atoms with E-state index in [1.807, 2.05) is 4.90 Å². The summed E-state index contributed by atoms with van der Waals surface area (Å²) < 4.78 is 0. The molecule has 2 fully saturated rings. The number of urea groups is 1. The molecule has 2 aromatic carbocycles. The average Bonchev–Trinajstić information content (AvgIpc) is 3.44. The highest BCUT2D eigenvalue weighted by Crippen LogP contribution is 2.47. The van der Waals surface area contributed by atoms with E-state index in [-0.39, 0.29) is 11.4 Å². The summed E-state index contributed by atoms with van der Waals surface area (Å²) in [6, 6.07) is 19.2. The van der Waals surface area contributed by atoms with Crippen molar-refractivity contribution in [3.8, 4) is 0 Å². The van der Waals surface area contributed by atoms with E-state index in [1.54, 1.807) is 0 Å². The van der Waals surface area contributed by atoms with Crippen LogP contribution in [0.1, 0.15) is 42.7 Å². The van der Waals surface area contributed by atoms with Crippen molar-refractivity contribution < 1.29 is 4.79 Å². The third kappa shape index (κ3) is 3.17. The Morgan fingerprint density at radius 2 is 1.75 bits per heavy atom. The lowest BCUT2D eigenvalue weighted by atomic mass is 9.89. The van der Waals surface area contributed by atoms with Gasteiger partial charge < -0.3 is 15.2 Å². The number of likely N-dealkylation sites (tertiary alicyclic amines) is 1. The normalized spacial score (nSPS) is 18.9. The first-order chi connectivity index (χ1) is 13.8. The number of nitrogens with zero attached hydrogens (tertiary/aromatic N) is 1. The van der Waals surface area contributed by atoms with Crippen molar-refractivity contribution in [1.82, 2.24) is 15.2 Å². The van der Waals surface area contributed by atoms with E-state index in [4.69, 9.17) is 0 Å². The fraction of sp³-hybridized carbons (Fsp3) is 0.375. The van der Waals surface area contributed by atoms with Gasteiger partial charge >= 0.3 is 6.03 Å². The molecule has 3 aromatic rings. The SMILES string of the molecule is O=C(NCC1(c2ccccc2)CC1)N1CCC(c2c[nH]c3ccccc23)CC1. The van der Waals surface area contributed by atoms with Crippen molar-refractivity contribution in [3.63, 3.8) is 0 Å². The van der Waals surface area contributed by atoms with Crippen LogP contribution >= 0.6 is 0 Å². The van der Waals surface area contributed by atoms with Crippen molar-refractivity contribution in [2.24, 2.45) is 0 Å². The number of fused-ring (bicyclic) bond motifs is 1. The topological polar surface area (TPSA) is 48.1 Å². The fourth-order valence-electron chi connectivity index (χ4n) is 4.69. The number of carbonyl (C=O) groups is 1. The van der Waals surface area contributed by atoms with E-state index < -0.39 is 0 Å². The highest BCUT2D eigenvalue weighted by Gasteiger charge is 2.44. The molecule has 2 heterocycles. The number of piperidine rings is 1. The minimum Gasteiger partial charge on any atom is -0.361 e. The Balaban J connectivity index is 1.18. The van der Waals surface area contributed by atoms with Gasteiger partial charge in [0.15, 0.2) is 0 Å². The van der Waals surface area contributed by atoms with Gasteiger partial charge in [0.2, 0.25) is 0 Å². The van der Waals surface area contributed by atoms with Gasteiger partial charge in [-0.3, -0.25) is 0 Å². The standard InChI is InChI=1S/C24H27N3O/c28-23(26-17-24(12-13-24)19-6-2-1-3-7-19)27-14-10-18(11-15-27)21-16-25-22-9-5-4-8-20(21)22/h1-9,16,18,25H,10-15,17H2,(H,26,28). The Hall–Kier alpha value is -2.75. The highest BCUT2D eigenvalue weighted by molar-refractivity contribution is 5.83. The number of para-hydroxylation sites is 1. The van der Waals surface area contributed by atoms with Crippen LogP contribution in [0, 0.1) is 0 Å². The van der Waals surface area contributed by atoms with Crippen LogP contribution in [0.25, 0.3) is 10.9 Å². The van der Waals surface area contributed by atoms with Crippen LogP contribution < -0.4 is 5.32 Å². The molecule has 28 heavy (non-hydrogen) atoms. The summed E-state index contributed by atoms with van der Waals surface area (Å²) in [6.07, 6.45) is 6.54. The van der Waals surface area contributed by atoms with Gasteiger partial charge in [0, 0.05) is 42.1 Å². The predicted molar refractivity (Wildman–Crippen MR) is 113 cm³/mol. The van der Waals surface area contributed by atoms with Crippen LogP contribution in [0.5, 0.6) is 0 Å². The monoisotopic (exact) mass is 373 g/mol. The molecule has 5 rings (SSSR count). The highest BCUT2D eigenvalue weighted by atomic mass is 16.2. The molecule has 1 aliphatic carbocycles. The second-order valence-electron chi connectivity index (χ2n) is 8.36. The summed E-state index contributed by atoms with van der Waals surface area (Å²) >= 11 is 0. The number of rotatable bonds is 4. The van der Waals surface area contributed by atoms with Gasteiger partial charge in [0.1, 0.15) is 0 Å². The second kappa shape index (κ2) is 7.01. The second-order valence-corrected chi connectivity index (χ2v) is 8.36. The number of H-pyrrole nitrogens is 1. The van der Waals surface area contributed by atoms with Crippen LogP contribution in [0.15, 0.2) is 60.8 Å². The van der Waals surface area contributed by atoms with Crippen LogP contribution in [-0.2, 0) is 5.41 Å². The first-order valence-corrected chi connectivity index (χ1v) is 10.4. The number of carbonyl (C=O) groups excluding carboxylic acids is 1. The van der Waals surface area contributed by atoms with Crippen LogP contribution in [0.4, 0.5) is 4.79 Å². The van der Waals surface area contributed by atoms with Gasteiger partial charge in [-0.2, -0.15) is 0 Å². The Labute approximate surface area is 165 Å². The molecule has 0 atom stereocenters. The molecule has 0 bridgehead atoms. The molecule has 1 saturated heterocycles. The predicted octanol–water partition coefficient (Wildman–Crippen LogP) is 4.79. The summed E-state index contributed by atoms with van der Waals surface area (Å²) in [5.74, 6) is 0.527. The molecule has 2 N–H and O–H groups in total. The van der Waals surface area contributed by atoms with E-state index in [0.717, 1.165) is 32.5 Å². The van der Waals surface area contributed by atoms with Crippen molar-refractivity contribution in [1.29, 1.82) is 0 Å². The largest absolute Gasteiger partial charge is 0.361 e. The molecule has 4 heteroatoms. The number of aromatic amines is 1. The molecule has 1 aliphatic heterocycles. The van der Waals surface area contributed by atoms with Gasteiger partial charge in [-0.1, -0.05) is 48.5 Å². The van der Waals surface area contributed by atoms with Gasteiger partial charge in [0.05, 0.1) is 0 Å². The van der Waals surface area contributed by atoms with Crippen molar-refractivity contribution in [3.05, 3.63) is 71.9 Å². The lowest BCUT2D eigenvalue weighted by Gasteiger charge is -2.32. The Morgan fingerprint density at radius 1 is 1.04 bits per heavy atom. The summed E-state index contributed by atoms with van der Waals surface area (Å²) in [4.78, 5) is 18.1. The number of hydrogen-bond donors (Lipinski definition) is 2. The van der Waals surface area contributed by atoms with E-state index >= 15 is 0 Å². The van der Waals surface area contributed by atoms with Gasteiger partial charge in [0.25, 0.3) is 0 Å². The lowest BCUT2D eigenvalue weighted by molar-refractivity contribution is 0.180. The van der Waals surface area contributed by atoms with Gasteiger partial charge in [-0.15, -0.1) is 0 Å². The van der Waals surface area contributed by atoms with E-state index in [1.165, 1.54) is 34.9 Å². The summed E-state index contributed by atoms with van der Waals surface area (Å²) in [7, 11) is 0. The number of amides is 2. The number of nitrogens with one attached hydrogen (secondary N) is 2. The van der Waals surface area contributed by atoms with Crippen molar-refractivity contribution in [2.75, 3.05) is 19.6 Å². The first kappa shape index (κ1) is 17.4. The van der Waals surface area contributed by atoms with Crippen molar-refractivity contribution in [2.45, 2.75) is 37.0 Å². The van der Waals surface area contributed by atoms with Crippen LogP contribution in [-0.4, -0.2) is 35.5 Å². The molecule has 0 spiro atoms. The molecule has 1 saturated carbocycles. The van der Waals surface area contributed by atoms with E-state index in [9.17, 15) is 4.79 Å². The third-order valence-corrected chi connectivity index (χ3v) is 6.66. The Morgan fingerprint density at radius 3 is 2.50 bits per heavy atom. The fourth-order valence-corrected chi connectivity index (χ4v) is 4.69. The Bertz CT molecular complexity index is 966. The summed E-state index contributed by atoms with van der Waals surface area (Å²) in [5.41, 5.74) is 4.12. The lowest BCUT2D eigenvalue weighted by Crippen LogP contribution is -2.46. The maximum absolute atomic E-state index is 12.7. The molecule has 144 valence electrons. The number of aromatic nitrogens is 1. The Kier molecular flexibility index (Phi) is 4.34. The van der Waals surface area contributed by atoms with Crippen LogP contribution in [0.2, 0.25) is 0 Å². The smallest absolute Gasteiger partial charge is 0.317 e. The first-order valence-electron chi connectivity index (χ1n) is 10.4. The zero-order chi connectivity index (χ0) is 19.0. The minimum atomic E-state index is 0.0968. The number of hydrogen-bond acceptors (Lipinski definition) is 1. The molecular formula is C24H27N3O. The zero-order valence-electron chi connectivity index (χ0n) is 16.2. The van der Waals surface area contributed by atoms with E-state index in [0.29, 0.717) is 5.92 Å². The van der Waals surface area contributed by atoms with Gasteiger partial charge in [-0.05, 0) is 48.8 Å². The third-order valence-electron chi connectivity index (χ3n) is 6.66. The maximum Gasteiger partial charge on any atom is 0.317 e. The average molecular weight is 374 g/mol. The molecule has 1 aromatic heterocycles. The van der Waals surface area contributed by atoms with Crippen LogP contribution in [0.3, 0.4) is 0 Å². The zero-order valence-corrected chi connectivity index (χ0v) is 16.2. The molecule has 2 amide bonds. The summed E-state index contributed by atoms with van der Waals surface area (Å²) in [5, 5.41) is 4.54. The molecule has 0 radical (unpaired) electrons. The van der Waals surface area contributed by atoms with E-state index in [2.05, 4.69) is 71.1 Å². The number of benzene rings is 2. The molecule has 2 aliphatic rings. The summed E-state index contributed by atoms with van der Waals surface area (Å²) in [6.45, 7) is 2.40. The molecule has 0 unspecified atom stereocenters. The van der Waals surface area contributed by atoms with Gasteiger partial charge in [-0.25, -0.2) is 4.79 Å². The maximum atomic E-state index is 12.7.